The van der Waals surface area contributed by atoms with Crippen LogP contribution < -0.4 is 5.73 Å². The number of aliphatic imine (C=N–C) groups is 1. The smallest absolute Gasteiger partial charge is 0.142 e. The van der Waals surface area contributed by atoms with Gasteiger partial charge >= 0.3 is 0 Å². The van der Waals surface area contributed by atoms with Gasteiger partial charge in [0.1, 0.15) is 5.65 Å². The predicted molar refractivity (Wildman–Crippen MR) is 75.1 cm³/mol. The maximum atomic E-state index is 6.11. The maximum absolute atomic E-state index is 6.11. The summed E-state index contributed by atoms with van der Waals surface area (Å²) in [5.74, 6) is 0. The number of rotatable bonds is 2. The minimum absolute atomic E-state index is 0.349. The number of nitrogens with zero attached hydrogens (tertiary/aromatic N) is 3. The molecule has 0 aliphatic carbocycles. The summed E-state index contributed by atoms with van der Waals surface area (Å²) in [4.78, 5) is 8.94. The first-order valence-electron chi connectivity index (χ1n) is 6.15. The Morgan fingerprint density at radius 1 is 1.39 bits per heavy atom. The van der Waals surface area contributed by atoms with Crippen LogP contribution in [-0.2, 0) is 0 Å². The van der Waals surface area contributed by atoms with Crippen LogP contribution in [0.1, 0.15) is 25.5 Å². The van der Waals surface area contributed by atoms with Crippen LogP contribution in [0.25, 0.3) is 11.0 Å². The average Bonchev–Trinajstić information content (AvgIpc) is 2.95. The molecule has 4 heteroatoms. The van der Waals surface area contributed by atoms with Gasteiger partial charge in [-0.15, -0.1) is 0 Å². The number of pyridine rings is 1. The fourth-order valence-corrected chi connectivity index (χ4v) is 2.33. The molecule has 0 saturated carbocycles. The lowest BCUT2D eigenvalue weighted by molar-refractivity contribution is 0.618. The number of hydrogen-bond donors (Lipinski definition) is 1. The van der Waals surface area contributed by atoms with E-state index in [9.17, 15) is 0 Å². The average molecular weight is 240 g/mol. The van der Waals surface area contributed by atoms with Gasteiger partial charge in [-0.3, -0.25) is 4.99 Å². The summed E-state index contributed by atoms with van der Waals surface area (Å²) in [5.41, 5.74) is 9.88. The minimum atomic E-state index is 0.349. The van der Waals surface area contributed by atoms with E-state index >= 15 is 0 Å². The van der Waals surface area contributed by atoms with Crippen molar-refractivity contribution in [3.05, 3.63) is 36.2 Å². The van der Waals surface area contributed by atoms with Crippen molar-refractivity contribution in [1.82, 2.24) is 9.55 Å². The summed E-state index contributed by atoms with van der Waals surface area (Å²) in [5, 5.41) is 1.01. The van der Waals surface area contributed by atoms with Gasteiger partial charge in [0, 0.05) is 29.7 Å². The van der Waals surface area contributed by atoms with E-state index in [-0.39, 0.29) is 0 Å². The van der Waals surface area contributed by atoms with Gasteiger partial charge in [-0.25, -0.2) is 4.98 Å². The van der Waals surface area contributed by atoms with E-state index in [4.69, 9.17) is 5.73 Å². The van der Waals surface area contributed by atoms with Crippen molar-refractivity contribution in [2.45, 2.75) is 19.9 Å². The summed E-state index contributed by atoms with van der Waals surface area (Å²) in [7, 11) is 0. The zero-order valence-corrected chi connectivity index (χ0v) is 10.6. The molecule has 0 unspecified atom stereocenters. The van der Waals surface area contributed by atoms with Gasteiger partial charge in [0.15, 0.2) is 0 Å². The quantitative estimate of drug-likeness (QED) is 0.877. The molecule has 1 aliphatic heterocycles. The number of nitrogen functional groups attached to an aromatic ring is 1. The van der Waals surface area contributed by atoms with E-state index in [1.807, 2.05) is 12.1 Å². The van der Waals surface area contributed by atoms with Crippen LogP contribution in [0.5, 0.6) is 0 Å². The summed E-state index contributed by atoms with van der Waals surface area (Å²) in [6.45, 7) is 5.03. The third kappa shape index (κ3) is 1.53. The maximum Gasteiger partial charge on any atom is 0.142 e. The molecule has 2 N–H and O–H groups in total. The lowest BCUT2D eigenvalue weighted by Gasteiger charge is -2.07. The van der Waals surface area contributed by atoms with Gasteiger partial charge in [0.2, 0.25) is 0 Å². The normalized spacial score (nSPS) is 14.7. The molecule has 1 aliphatic rings. The Balaban J connectivity index is 2.34. The zero-order chi connectivity index (χ0) is 12.7. The molecule has 18 heavy (non-hydrogen) atoms. The van der Waals surface area contributed by atoms with Crippen molar-refractivity contribution in [3.8, 4) is 0 Å². The summed E-state index contributed by atoms with van der Waals surface area (Å²) >= 11 is 0. The summed E-state index contributed by atoms with van der Waals surface area (Å²) < 4.78 is 2.15. The zero-order valence-electron chi connectivity index (χ0n) is 10.6. The highest BCUT2D eigenvalue weighted by molar-refractivity contribution is 6.19. The van der Waals surface area contributed by atoms with Crippen molar-refractivity contribution >= 4 is 22.4 Å². The van der Waals surface area contributed by atoms with Crippen LogP contribution in [-0.4, -0.2) is 21.8 Å². The number of aromatic nitrogens is 2. The fraction of sp³-hybridized carbons (Fsp3) is 0.286. The largest absolute Gasteiger partial charge is 0.398 e. The van der Waals surface area contributed by atoms with Crippen LogP contribution >= 0.6 is 0 Å². The van der Waals surface area contributed by atoms with Crippen molar-refractivity contribution in [2.24, 2.45) is 4.99 Å². The summed E-state index contributed by atoms with van der Waals surface area (Å²) in [6, 6.07) is 2.19. The van der Waals surface area contributed by atoms with E-state index < -0.39 is 0 Å². The molecule has 0 fully saturated rings. The van der Waals surface area contributed by atoms with E-state index in [2.05, 4.69) is 40.7 Å². The summed E-state index contributed by atoms with van der Waals surface area (Å²) in [6.07, 6.45) is 7.96. The monoisotopic (exact) mass is 240 g/mol. The number of allylic oxidation sites excluding steroid dienone is 1. The van der Waals surface area contributed by atoms with E-state index in [0.717, 1.165) is 34.5 Å². The predicted octanol–water partition coefficient (Wildman–Crippen LogP) is 2.56. The number of nitrogens with two attached hydrogens (primary N) is 1. The second-order valence-corrected chi connectivity index (χ2v) is 4.77. The minimum Gasteiger partial charge on any atom is -0.398 e. The van der Waals surface area contributed by atoms with Gasteiger partial charge < -0.3 is 10.3 Å². The first kappa shape index (κ1) is 11.0. The number of fused-ring (bicyclic) bond motifs is 1. The van der Waals surface area contributed by atoms with Crippen LogP contribution in [0.4, 0.5) is 5.69 Å². The van der Waals surface area contributed by atoms with E-state index in [1.165, 1.54) is 0 Å². The van der Waals surface area contributed by atoms with Crippen LogP contribution in [0.3, 0.4) is 0 Å². The molecule has 0 amide bonds. The Hall–Kier alpha value is -2.10. The highest BCUT2D eigenvalue weighted by atomic mass is 15.1. The lowest BCUT2D eigenvalue weighted by atomic mass is 10.1. The molecule has 4 nitrogen and oxygen atoms in total. The van der Waals surface area contributed by atoms with Crippen molar-refractivity contribution < 1.29 is 0 Å². The number of hydrogen-bond acceptors (Lipinski definition) is 3. The first-order valence-corrected chi connectivity index (χ1v) is 6.15. The molecule has 3 heterocycles. The highest BCUT2D eigenvalue weighted by Crippen LogP contribution is 2.29. The SMILES string of the molecule is CC(C)n1cc(C2=NCC=C2)c2c(N)ccnc21. The standard InChI is InChI=1S/C14H16N4/c1-9(2)18-8-10(12-4-3-6-16-12)13-11(15)5-7-17-14(13)18/h3-5,7-9H,6H2,1-2H3,(H2,15,17). The Morgan fingerprint density at radius 2 is 2.22 bits per heavy atom. The molecule has 0 radical (unpaired) electrons. The second kappa shape index (κ2) is 3.98. The van der Waals surface area contributed by atoms with Gasteiger partial charge in [-0.2, -0.15) is 0 Å². The highest BCUT2D eigenvalue weighted by Gasteiger charge is 2.17. The molecular formula is C14H16N4. The van der Waals surface area contributed by atoms with Gasteiger partial charge in [0.05, 0.1) is 17.6 Å². The molecule has 0 aromatic carbocycles. The van der Waals surface area contributed by atoms with E-state index in [1.54, 1.807) is 6.20 Å². The topological polar surface area (TPSA) is 56.2 Å². The Bertz CT molecular complexity index is 662. The van der Waals surface area contributed by atoms with Crippen molar-refractivity contribution in [1.29, 1.82) is 0 Å². The lowest BCUT2D eigenvalue weighted by Crippen LogP contribution is -2.00. The fourth-order valence-electron chi connectivity index (χ4n) is 2.33. The molecule has 92 valence electrons. The first-order chi connectivity index (χ1) is 8.68. The Kier molecular flexibility index (Phi) is 2.44. The number of anilines is 1. The molecule has 0 saturated heterocycles. The van der Waals surface area contributed by atoms with Crippen LogP contribution in [0, 0.1) is 0 Å². The third-order valence-electron chi connectivity index (χ3n) is 3.22. The molecule has 2 aromatic heterocycles. The van der Waals surface area contributed by atoms with Crippen molar-refractivity contribution in [3.63, 3.8) is 0 Å². The molecule has 0 atom stereocenters. The second-order valence-electron chi connectivity index (χ2n) is 4.77. The van der Waals surface area contributed by atoms with Crippen LogP contribution in [0.2, 0.25) is 0 Å². The third-order valence-corrected chi connectivity index (χ3v) is 3.22. The molecule has 0 bridgehead atoms. The Morgan fingerprint density at radius 3 is 2.89 bits per heavy atom. The van der Waals surface area contributed by atoms with Crippen LogP contribution in [0.15, 0.2) is 35.6 Å². The van der Waals surface area contributed by atoms with Gasteiger partial charge in [-0.05, 0) is 26.0 Å². The van der Waals surface area contributed by atoms with E-state index in [0.29, 0.717) is 6.04 Å². The molecule has 2 aromatic rings. The van der Waals surface area contributed by atoms with Gasteiger partial charge in [0.25, 0.3) is 0 Å². The van der Waals surface area contributed by atoms with Crippen molar-refractivity contribution in [2.75, 3.05) is 12.3 Å². The molecular weight excluding hydrogens is 224 g/mol. The molecule has 3 rings (SSSR count). The Labute approximate surface area is 106 Å². The molecule has 0 spiro atoms. The van der Waals surface area contributed by atoms with Gasteiger partial charge in [-0.1, -0.05) is 6.08 Å².